The van der Waals surface area contributed by atoms with Crippen LogP contribution in [0.25, 0.3) is 16.2 Å². The molecule has 5 heteroatoms. The quantitative estimate of drug-likeness (QED) is 0.729. The maximum absolute atomic E-state index is 5.87. The van der Waals surface area contributed by atoms with E-state index in [4.69, 9.17) is 10.5 Å². The Balaban J connectivity index is 1.95. The predicted octanol–water partition coefficient (Wildman–Crippen LogP) is 3.78. The van der Waals surface area contributed by atoms with Crippen molar-refractivity contribution < 1.29 is 4.74 Å². The van der Waals surface area contributed by atoms with Gasteiger partial charge in [0.15, 0.2) is 4.96 Å². The summed E-state index contributed by atoms with van der Waals surface area (Å²) >= 11 is 1.63. The van der Waals surface area contributed by atoms with Crippen LogP contribution in [0.3, 0.4) is 0 Å². The zero-order valence-corrected chi connectivity index (χ0v) is 13.6. The third-order valence-electron chi connectivity index (χ3n) is 3.49. The summed E-state index contributed by atoms with van der Waals surface area (Å²) in [6.07, 6.45) is 0. The molecule has 22 heavy (non-hydrogen) atoms. The zero-order valence-electron chi connectivity index (χ0n) is 12.8. The molecule has 1 aromatic carbocycles. The molecule has 0 saturated carbocycles. The number of thiazole rings is 1. The zero-order chi connectivity index (χ0) is 15.7. The standard InChI is InChI=1S/C17H19N3OS/c1-11(2)9-21-14-6-4-13(5-7-14)16-10-22-17-19-12(3)15(8-18)20(16)17/h4-7,10H,1,8-9,18H2,2-3H3. The van der Waals surface area contributed by atoms with Gasteiger partial charge in [0.1, 0.15) is 12.4 Å². The van der Waals surface area contributed by atoms with E-state index in [0.29, 0.717) is 13.2 Å². The molecular weight excluding hydrogens is 294 g/mol. The second-order valence-electron chi connectivity index (χ2n) is 5.36. The lowest BCUT2D eigenvalue weighted by Gasteiger charge is -2.07. The van der Waals surface area contributed by atoms with E-state index in [1.807, 2.05) is 26.0 Å². The highest BCUT2D eigenvalue weighted by Gasteiger charge is 2.14. The van der Waals surface area contributed by atoms with Crippen LogP contribution >= 0.6 is 11.3 Å². The molecular formula is C17H19N3OS. The average molecular weight is 313 g/mol. The lowest BCUT2D eigenvalue weighted by molar-refractivity contribution is 0.353. The van der Waals surface area contributed by atoms with E-state index in [0.717, 1.165) is 38.9 Å². The highest BCUT2D eigenvalue weighted by Crippen LogP contribution is 2.29. The molecule has 114 valence electrons. The fourth-order valence-corrected chi connectivity index (χ4v) is 3.35. The molecule has 0 radical (unpaired) electrons. The van der Waals surface area contributed by atoms with Crippen LogP contribution in [0.2, 0.25) is 0 Å². The van der Waals surface area contributed by atoms with Crippen LogP contribution in [-0.2, 0) is 6.54 Å². The van der Waals surface area contributed by atoms with Crippen LogP contribution in [0.5, 0.6) is 5.75 Å². The minimum Gasteiger partial charge on any atom is -0.489 e. The van der Waals surface area contributed by atoms with Gasteiger partial charge in [0.25, 0.3) is 0 Å². The summed E-state index contributed by atoms with van der Waals surface area (Å²) in [6.45, 7) is 8.81. The van der Waals surface area contributed by atoms with Gasteiger partial charge in [-0.1, -0.05) is 6.58 Å². The Labute approximate surface area is 133 Å². The summed E-state index contributed by atoms with van der Waals surface area (Å²) in [4.78, 5) is 5.55. The first-order chi connectivity index (χ1) is 10.6. The molecule has 0 aliphatic heterocycles. The maximum Gasteiger partial charge on any atom is 0.194 e. The number of benzene rings is 1. The predicted molar refractivity (Wildman–Crippen MR) is 91.4 cm³/mol. The van der Waals surface area contributed by atoms with Crippen LogP contribution in [-0.4, -0.2) is 16.0 Å². The SMILES string of the molecule is C=C(C)COc1ccc(-c2csc3nc(C)c(CN)n23)cc1. The van der Waals surface area contributed by atoms with Crippen LogP contribution in [0.1, 0.15) is 18.3 Å². The molecule has 3 aromatic rings. The Morgan fingerprint density at radius 3 is 2.73 bits per heavy atom. The summed E-state index contributed by atoms with van der Waals surface area (Å²) in [7, 11) is 0. The number of hydrogen-bond acceptors (Lipinski definition) is 4. The van der Waals surface area contributed by atoms with Crippen molar-refractivity contribution in [2.75, 3.05) is 6.61 Å². The second-order valence-corrected chi connectivity index (χ2v) is 6.19. The molecule has 0 spiro atoms. The van der Waals surface area contributed by atoms with E-state index in [2.05, 4.69) is 33.5 Å². The Hall–Kier alpha value is -2.11. The van der Waals surface area contributed by atoms with Gasteiger partial charge in [0.2, 0.25) is 0 Å². The monoisotopic (exact) mass is 313 g/mol. The molecule has 2 N–H and O–H groups in total. The fraction of sp³-hybridized carbons (Fsp3) is 0.235. The van der Waals surface area contributed by atoms with E-state index >= 15 is 0 Å². The third kappa shape index (κ3) is 2.65. The Morgan fingerprint density at radius 1 is 1.36 bits per heavy atom. The first kappa shape index (κ1) is 14.8. The largest absolute Gasteiger partial charge is 0.489 e. The van der Waals surface area contributed by atoms with E-state index in [1.54, 1.807) is 11.3 Å². The van der Waals surface area contributed by atoms with Gasteiger partial charge in [0.05, 0.1) is 17.1 Å². The van der Waals surface area contributed by atoms with Crippen molar-refractivity contribution in [1.29, 1.82) is 0 Å². The summed E-state index contributed by atoms with van der Waals surface area (Å²) in [5, 5.41) is 2.12. The topological polar surface area (TPSA) is 52.5 Å². The van der Waals surface area contributed by atoms with E-state index in [1.165, 1.54) is 0 Å². The van der Waals surface area contributed by atoms with Crippen molar-refractivity contribution >= 4 is 16.3 Å². The van der Waals surface area contributed by atoms with Gasteiger partial charge < -0.3 is 10.5 Å². The molecule has 0 amide bonds. The Morgan fingerprint density at radius 2 is 2.09 bits per heavy atom. The molecule has 4 nitrogen and oxygen atoms in total. The maximum atomic E-state index is 5.87. The number of imidazole rings is 1. The van der Waals surface area contributed by atoms with E-state index < -0.39 is 0 Å². The van der Waals surface area contributed by atoms with Crippen LogP contribution in [0.4, 0.5) is 0 Å². The van der Waals surface area contributed by atoms with Crippen LogP contribution in [0.15, 0.2) is 41.8 Å². The normalized spacial score (nSPS) is 11.0. The molecule has 0 unspecified atom stereocenters. The van der Waals surface area contributed by atoms with E-state index in [9.17, 15) is 0 Å². The number of nitrogens with zero attached hydrogens (tertiary/aromatic N) is 2. The average Bonchev–Trinajstić information content (AvgIpc) is 3.03. The molecule has 2 heterocycles. The number of hydrogen-bond donors (Lipinski definition) is 1. The fourth-order valence-electron chi connectivity index (χ4n) is 2.39. The van der Waals surface area contributed by atoms with Gasteiger partial charge in [-0.05, 0) is 49.2 Å². The summed E-state index contributed by atoms with van der Waals surface area (Å²) < 4.78 is 7.78. The first-order valence-electron chi connectivity index (χ1n) is 7.13. The summed E-state index contributed by atoms with van der Waals surface area (Å²) in [6, 6.07) is 8.08. The Bertz CT molecular complexity index is 814. The number of aromatic nitrogens is 2. The second kappa shape index (κ2) is 5.94. The van der Waals surface area contributed by atoms with E-state index in [-0.39, 0.29) is 0 Å². The minimum absolute atomic E-state index is 0.483. The molecule has 0 fully saturated rings. The van der Waals surface area contributed by atoms with Crippen molar-refractivity contribution in [1.82, 2.24) is 9.38 Å². The first-order valence-corrected chi connectivity index (χ1v) is 8.01. The summed E-state index contributed by atoms with van der Waals surface area (Å²) in [5.74, 6) is 0.846. The van der Waals surface area contributed by atoms with Crippen molar-refractivity contribution in [3.8, 4) is 17.0 Å². The molecule has 3 rings (SSSR count). The van der Waals surface area contributed by atoms with Crippen molar-refractivity contribution in [2.24, 2.45) is 5.73 Å². The molecule has 0 aliphatic rings. The molecule has 0 atom stereocenters. The van der Waals surface area contributed by atoms with Gasteiger partial charge in [0, 0.05) is 11.9 Å². The van der Waals surface area contributed by atoms with Crippen molar-refractivity contribution in [3.05, 3.63) is 53.2 Å². The van der Waals surface area contributed by atoms with Gasteiger partial charge in [-0.15, -0.1) is 11.3 Å². The van der Waals surface area contributed by atoms with Crippen LogP contribution in [0, 0.1) is 6.92 Å². The molecule has 0 aliphatic carbocycles. The summed E-state index contributed by atoms with van der Waals surface area (Å²) in [5.41, 5.74) is 11.2. The number of nitrogens with two attached hydrogens (primary N) is 1. The minimum atomic E-state index is 0.483. The van der Waals surface area contributed by atoms with Crippen molar-refractivity contribution in [2.45, 2.75) is 20.4 Å². The molecule has 2 aromatic heterocycles. The number of ether oxygens (including phenoxy) is 1. The molecule has 0 saturated heterocycles. The number of fused-ring (bicyclic) bond motifs is 1. The van der Waals surface area contributed by atoms with Gasteiger partial charge >= 0.3 is 0 Å². The lowest BCUT2D eigenvalue weighted by Crippen LogP contribution is -2.03. The third-order valence-corrected chi connectivity index (χ3v) is 4.31. The Kier molecular flexibility index (Phi) is 4.00. The lowest BCUT2D eigenvalue weighted by atomic mass is 10.1. The highest BCUT2D eigenvalue weighted by molar-refractivity contribution is 7.15. The van der Waals surface area contributed by atoms with Gasteiger partial charge in [-0.2, -0.15) is 0 Å². The number of rotatable bonds is 5. The number of aryl methyl sites for hydroxylation is 1. The van der Waals surface area contributed by atoms with Crippen molar-refractivity contribution in [3.63, 3.8) is 0 Å². The van der Waals surface area contributed by atoms with Gasteiger partial charge in [-0.25, -0.2) is 4.98 Å². The van der Waals surface area contributed by atoms with Crippen LogP contribution < -0.4 is 10.5 Å². The highest BCUT2D eigenvalue weighted by atomic mass is 32.1. The van der Waals surface area contributed by atoms with Gasteiger partial charge in [-0.3, -0.25) is 4.40 Å². The molecule has 0 bridgehead atoms. The smallest absolute Gasteiger partial charge is 0.194 e.